The van der Waals surface area contributed by atoms with Gasteiger partial charge in [-0.05, 0) is 43.9 Å². The molecule has 1 aliphatic carbocycles. The van der Waals surface area contributed by atoms with E-state index in [0.29, 0.717) is 11.4 Å². The predicted octanol–water partition coefficient (Wildman–Crippen LogP) is 4.33. The van der Waals surface area contributed by atoms with Crippen LogP contribution in [0.3, 0.4) is 0 Å². The highest BCUT2D eigenvalue weighted by Crippen LogP contribution is 2.25. The summed E-state index contributed by atoms with van der Waals surface area (Å²) in [6.07, 6.45) is 5.76. The molecule has 0 atom stereocenters. The molecule has 0 saturated heterocycles. The molecule has 136 valence electrons. The minimum Gasteiger partial charge on any atom is -0.380 e. The highest BCUT2D eigenvalue weighted by molar-refractivity contribution is 5.79. The lowest BCUT2D eigenvalue weighted by molar-refractivity contribution is 0.766. The number of aromatic nitrogens is 2. The molecule has 1 aromatic carbocycles. The van der Waals surface area contributed by atoms with Gasteiger partial charge in [-0.25, -0.2) is 4.98 Å². The molecule has 0 aliphatic heterocycles. The third-order valence-corrected chi connectivity index (χ3v) is 4.85. The van der Waals surface area contributed by atoms with Crippen LogP contribution < -0.4 is 10.7 Å². The number of anilines is 1. The van der Waals surface area contributed by atoms with E-state index < -0.39 is 0 Å². The summed E-state index contributed by atoms with van der Waals surface area (Å²) in [7, 11) is 0. The van der Waals surface area contributed by atoms with Gasteiger partial charge in [-0.3, -0.25) is 4.79 Å². The maximum atomic E-state index is 12.5. The number of benzene rings is 1. The van der Waals surface area contributed by atoms with Crippen molar-refractivity contribution in [2.75, 3.05) is 5.32 Å². The standard InChI is InChI=1S/C20H21N3O.C2H6/c1-3-23-12-13(2)19(24)18-10-17(11-21-20(18)23)22-16-8-14-6-4-5-7-15(14)9-16;1-2/h4-7,10-12,16,22H,3,8-9H2,1-2H3;1-2H3. The number of pyridine rings is 2. The average molecular weight is 349 g/mol. The van der Waals surface area contributed by atoms with E-state index in [1.54, 1.807) is 0 Å². The van der Waals surface area contributed by atoms with Crippen LogP contribution in [0.15, 0.2) is 47.5 Å². The molecule has 26 heavy (non-hydrogen) atoms. The maximum absolute atomic E-state index is 12.5. The quantitative estimate of drug-likeness (QED) is 0.765. The maximum Gasteiger partial charge on any atom is 0.193 e. The normalized spacial score (nSPS) is 13.2. The Bertz CT molecular complexity index is 950. The van der Waals surface area contributed by atoms with Crippen molar-refractivity contribution in [1.29, 1.82) is 0 Å². The molecular formula is C22H27N3O. The number of hydrogen-bond acceptors (Lipinski definition) is 3. The van der Waals surface area contributed by atoms with Gasteiger partial charge in [0.25, 0.3) is 0 Å². The lowest BCUT2D eigenvalue weighted by Gasteiger charge is -2.15. The Hall–Kier alpha value is -2.62. The van der Waals surface area contributed by atoms with Gasteiger partial charge in [0.1, 0.15) is 5.65 Å². The van der Waals surface area contributed by atoms with E-state index in [0.717, 1.165) is 36.3 Å². The number of rotatable bonds is 3. The second-order valence-corrected chi connectivity index (χ2v) is 6.54. The third kappa shape index (κ3) is 3.36. The van der Waals surface area contributed by atoms with Gasteiger partial charge < -0.3 is 9.88 Å². The largest absolute Gasteiger partial charge is 0.380 e. The van der Waals surface area contributed by atoms with Crippen LogP contribution in [0.1, 0.15) is 37.5 Å². The summed E-state index contributed by atoms with van der Waals surface area (Å²) >= 11 is 0. The summed E-state index contributed by atoms with van der Waals surface area (Å²) in [6, 6.07) is 10.9. The molecule has 0 radical (unpaired) electrons. The predicted molar refractivity (Wildman–Crippen MR) is 109 cm³/mol. The molecular weight excluding hydrogens is 322 g/mol. The monoisotopic (exact) mass is 349 g/mol. The second-order valence-electron chi connectivity index (χ2n) is 6.54. The zero-order chi connectivity index (χ0) is 18.7. The first-order chi connectivity index (χ1) is 12.7. The Morgan fingerprint density at radius 1 is 1.19 bits per heavy atom. The summed E-state index contributed by atoms with van der Waals surface area (Å²) in [6.45, 7) is 8.73. The first-order valence-corrected chi connectivity index (χ1v) is 9.49. The lowest BCUT2D eigenvalue weighted by atomic mass is 10.1. The molecule has 0 unspecified atom stereocenters. The molecule has 0 bridgehead atoms. The van der Waals surface area contributed by atoms with E-state index in [2.05, 4.69) is 41.5 Å². The van der Waals surface area contributed by atoms with E-state index in [9.17, 15) is 4.79 Å². The third-order valence-electron chi connectivity index (χ3n) is 4.85. The fraction of sp³-hybridized carbons (Fsp3) is 0.364. The van der Waals surface area contributed by atoms with Gasteiger partial charge in [0, 0.05) is 24.3 Å². The van der Waals surface area contributed by atoms with Gasteiger partial charge in [0.05, 0.1) is 17.3 Å². The van der Waals surface area contributed by atoms with Crippen LogP contribution in [0, 0.1) is 6.92 Å². The van der Waals surface area contributed by atoms with Crippen molar-refractivity contribution >= 4 is 16.7 Å². The molecule has 2 aromatic heterocycles. The molecule has 0 saturated carbocycles. The van der Waals surface area contributed by atoms with Crippen molar-refractivity contribution in [3.63, 3.8) is 0 Å². The van der Waals surface area contributed by atoms with E-state index in [-0.39, 0.29) is 5.43 Å². The minimum absolute atomic E-state index is 0.0700. The van der Waals surface area contributed by atoms with Crippen LogP contribution in [0.2, 0.25) is 0 Å². The van der Waals surface area contributed by atoms with E-state index in [1.165, 1.54) is 11.1 Å². The number of nitrogens with zero attached hydrogens (tertiary/aromatic N) is 2. The van der Waals surface area contributed by atoms with Crippen molar-refractivity contribution in [2.45, 2.75) is 53.1 Å². The molecule has 0 amide bonds. The van der Waals surface area contributed by atoms with Gasteiger partial charge >= 0.3 is 0 Å². The topological polar surface area (TPSA) is 46.9 Å². The molecule has 4 nitrogen and oxygen atoms in total. The Morgan fingerprint density at radius 3 is 2.46 bits per heavy atom. The molecule has 1 N–H and O–H groups in total. The van der Waals surface area contributed by atoms with Gasteiger partial charge in [0.15, 0.2) is 5.43 Å². The van der Waals surface area contributed by atoms with Crippen LogP contribution in [0.25, 0.3) is 11.0 Å². The van der Waals surface area contributed by atoms with Crippen molar-refractivity contribution in [1.82, 2.24) is 9.55 Å². The van der Waals surface area contributed by atoms with Gasteiger partial charge in [-0.15, -0.1) is 0 Å². The number of hydrogen-bond donors (Lipinski definition) is 1. The Balaban J connectivity index is 0.000000948. The fourth-order valence-corrected chi connectivity index (χ4v) is 3.64. The highest BCUT2D eigenvalue weighted by atomic mass is 16.1. The molecule has 2 heterocycles. The number of nitrogens with one attached hydrogen (secondary N) is 1. The smallest absolute Gasteiger partial charge is 0.193 e. The van der Waals surface area contributed by atoms with Gasteiger partial charge in [-0.2, -0.15) is 0 Å². The number of fused-ring (bicyclic) bond motifs is 2. The van der Waals surface area contributed by atoms with Crippen LogP contribution in [0.4, 0.5) is 5.69 Å². The van der Waals surface area contributed by atoms with Crippen LogP contribution >= 0.6 is 0 Å². The second kappa shape index (κ2) is 7.73. The molecule has 4 heteroatoms. The number of aryl methyl sites for hydroxylation is 2. The lowest BCUT2D eigenvalue weighted by Crippen LogP contribution is -2.20. The highest BCUT2D eigenvalue weighted by Gasteiger charge is 2.21. The van der Waals surface area contributed by atoms with Crippen molar-refractivity contribution in [3.05, 3.63) is 69.6 Å². The van der Waals surface area contributed by atoms with Crippen LogP contribution in [-0.2, 0) is 19.4 Å². The Kier molecular flexibility index (Phi) is 5.40. The molecule has 3 aromatic rings. The average Bonchev–Trinajstić information content (AvgIpc) is 3.08. The van der Waals surface area contributed by atoms with E-state index in [1.807, 2.05) is 43.8 Å². The van der Waals surface area contributed by atoms with E-state index >= 15 is 0 Å². The van der Waals surface area contributed by atoms with Gasteiger partial charge in [-0.1, -0.05) is 38.1 Å². The van der Waals surface area contributed by atoms with Crippen LogP contribution in [-0.4, -0.2) is 15.6 Å². The molecule has 0 fully saturated rings. The zero-order valence-corrected chi connectivity index (χ0v) is 16.0. The first kappa shape index (κ1) is 18.2. The van der Waals surface area contributed by atoms with Gasteiger partial charge in [0.2, 0.25) is 0 Å². The summed E-state index contributed by atoms with van der Waals surface area (Å²) in [5.74, 6) is 0. The summed E-state index contributed by atoms with van der Waals surface area (Å²) in [5, 5.41) is 4.25. The molecule has 1 aliphatic rings. The van der Waals surface area contributed by atoms with Crippen LogP contribution in [0.5, 0.6) is 0 Å². The minimum atomic E-state index is 0.0700. The van der Waals surface area contributed by atoms with Crippen molar-refractivity contribution in [2.24, 2.45) is 0 Å². The van der Waals surface area contributed by atoms with Crippen molar-refractivity contribution in [3.8, 4) is 0 Å². The Labute approximate surface area is 154 Å². The molecule has 0 spiro atoms. The Morgan fingerprint density at radius 2 is 1.85 bits per heavy atom. The van der Waals surface area contributed by atoms with Crippen molar-refractivity contribution < 1.29 is 0 Å². The van der Waals surface area contributed by atoms with E-state index in [4.69, 9.17) is 0 Å². The first-order valence-electron chi connectivity index (χ1n) is 9.49. The summed E-state index contributed by atoms with van der Waals surface area (Å²) < 4.78 is 2.03. The molecule has 4 rings (SSSR count). The fourth-order valence-electron chi connectivity index (χ4n) is 3.64. The SMILES string of the molecule is CC.CCn1cc(C)c(=O)c2cc(NC3Cc4ccccc4C3)cnc21. The summed E-state index contributed by atoms with van der Waals surface area (Å²) in [5.41, 5.74) is 5.33. The zero-order valence-electron chi connectivity index (χ0n) is 16.0. The summed E-state index contributed by atoms with van der Waals surface area (Å²) in [4.78, 5) is 17.0.